The molecule has 0 aliphatic rings. The smallest absolute Gasteiger partial charge is 0.269 e. The summed E-state index contributed by atoms with van der Waals surface area (Å²) in [6, 6.07) is 11.4. The van der Waals surface area contributed by atoms with Crippen molar-refractivity contribution in [3.8, 4) is 5.75 Å². The van der Waals surface area contributed by atoms with Gasteiger partial charge in [0.05, 0.1) is 15.7 Å². The minimum absolute atomic E-state index is 0.0784. The Hall–Kier alpha value is -2.90. The predicted molar refractivity (Wildman–Crippen MR) is 106 cm³/mol. The molecular weight excluding hydrogens is 385 g/mol. The third-order valence-corrected chi connectivity index (χ3v) is 6.31. The van der Waals surface area contributed by atoms with E-state index in [4.69, 9.17) is 4.42 Å². The molecule has 0 aliphatic carbocycles. The van der Waals surface area contributed by atoms with Crippen molar-refractivity contribution in [2.75, 3.05) is 0 Å². The van der Waals surface area contributed by atoms with Gasteiger partial charge >= 0.3 is 0 Å². The lowest BCUT2D eigenvalue weighted by Crippen LogP contribution is -2.16. The summed E-state index contributed by atoms with van der Waals surface area (Å²) < 4.78 is 19.9. The molecular formula is C20H14FNO3S2. The fourth-order valence-electron chi connectivity index (χ4n) is 2.66. The first-order valence-corrected chi connectivity index (χ1v) is 9.74. The lowest BCUT2D eigenvalue weighted by atomic mass is 10.0. The van der Waals surface area contributed by atoms with E-state index >= 15 is 0 Å². The third kappa shape index (κ3) is 3.27. The number of thiophene rings is 2. The molecule has 2 N–H and O–H groups in total. The number of aryl methyl sites for hydroxylation is 1. The minimum atomic E-state index is -0.503. The fraction of sp³-hybridized carbons (Fsp3) is 0.0500. The molecule has 1 amide bonds. The number of rotatable bonds is 4. The Morgan fingerprint density at radius 2 is 2.00 bits per heavy atom. The van der Waals surface area contributed by atoms with E-state index in [0.717, 1.165) is 33.8 Å². The summed E-state index contributed by atoms with van der Waals surface area (Å²) in [5.41, 5.74) is 2.68. The maximum atomic E-state index is 13.7. The highest BCUT2D eigenvalue weighted by molar-refractivity contribution is 7.28. The first-order chi connectivity index (χ1) is 13.0. The van der Waals surface area contributed by atoms with E-state index in [9.17, 15) is 14.3 Å². The van der Waals surface area contributed by atoms with E-state index in [1.165, 1.54) is 11.6 Å². The third-order valence-electron chi connectivity index (χ3n) is 4.04. The number of hydrogen-bond donors (Lipinski definition) is 2. The van der Waals surface area contributed by atoms with Crippen molar-refractivity contribution < 1.29 is 18.7 Å². The number of amides is 1. The quantitative estimate of drug-likeness (QED) is 0.474. The molecule has 3 aromatic heterocycles. The topological polar surface area (TPSA) is 62.5 Å². The van der Waals surface area contributed by atoms with Crippen molar-refractivity contribution in [3.63, 3.8) is 0 Å². The Morgan fingerprint density at radius 3 is 2.67 bits per heavy atom. The maximum absolute atomic E-state index is 13.7. The van der Waals surface area contributed by atoms with Crippen LogP contribution in [-0.2, 0) is 0 Å². The molecule has 0 radical (unpaired) electrons. The molecule has 136 valence electrons. The second-order valence-corrected chi connectivity index (χ2v) is 7.80. The van der Waals surface area contributed by atoms with Crippen LogP contribution in [0.3, 0.4) is 0 Å². The summed E-state index contributed by atoms with van der Waals surface area (Å²) in [6.45, 7) is 1.99. The van der Waals surface area contributed by atoms with E-state index in [0.29, 0.717) is 16.0 Å². The van der Waals surface area contributed by atoms with Crippen molar-refractivity contribution in [1.29, 1.82) is 0 Å². The maximum Gasteiger partial charge on any atom is 0.269 e. The van der Waals surface area contributed by atoms with Crippen LogP contribution in [0, 0.1) is 12.7 Å². The minimum Gasteiger partial charge on any atom is -0.505 e. The fourth-order valence-corrected chi connectivity index (χ4v) is 4.72. The van der Waals surface area contributed by atoms with Crippen molar-refractivity contribution in [2.24, 2.45) is 0 Å². The second-order valence-electron chi connectivity index (χ2n) is 5.90. The number of hydrogen-bond acceptors (Lipinski definition) is 5. The highest BCUT2D eigenvalue weighted by Gasteiger charge is 2.21. The second kappa shape index (κ2) is 7.02. The molecule has 4 rings (SSSR count). The Labute approximate surface area is 162 Å². The zero-order valence-corrected chi connectivity index (χ0v) is 15.8. The van der Waals surface area contributed by atoms with Gasteiger partial charge in [-0.25, -0.2) is 4.39 Å². The van der Waals surface area contributed by atoms with Crippen LogP contribution < -0.4 is 5.32 Å². The molecule has 27 heavy (non-hydrogen) atoms. The van der Waals surface area contributed by atoms with Crippen molar-refractivity contribution >= 4 is 43.6 Å². The Morgan fingerprint density at radius 1 is 1.22 bits per heavy atom. The highest BCUT2D eigenvalue weighted by Crippen LogP contribution is 2.42. The first-order valence-electron chi connectivity index (χ1n) is 8.05. The number of carbonyl (C=O) groups excluding carboxylic acids is 1. The predicted octanol–water partition coefficient (Wildman–Crippen LogP) is 5.53. The molecule has 0 saturated heterocycles. The number of furan rings is 1. The van der Waals surface area contributed by atoms with Crippen LogP contribution >= 0.6 is 22.7 Å². The van der Waals surface area contributed by atoms with Gasteiger partial charge in [0.15, 0.2) is 11.6 Å². The largest absolute Gasteiger partial charge is 0.505 e. The molecule has 0 bridgehead atoms. The normalized spacial score (nSPS) is 11.9. The summed E-state index contributed by atoms with van der Waals surface area (Å²) in [5.74, 6) is -0.524. The average molecular weight is 399 g/mol. The standard InChI is InChI=1S/C20H14FNO3S2/c1-11-4-6-12(7-5-11)13(15-3-2-8-25-15)9-22-20(24)19-16(23)18-17(27-19)14(21)10-26-18/h2-10,23H,1H3,(H,22,24). The van der Waals surface area contributed by atoms with Crippen LogP contribution in [0.15, 0.2) is 58.7 Å². The van der Waals surface area contributed by atoms with E-state index in [1.54, 1.807) is 18.4 Å². The van der Waals surface area contributed by atoms with Crippen LogP contribution in [0.4, 0.5) is 4.39 Å². The number of halogens is 1. The molecule has 0 atom stereocenters. The van der Waals surface area contributed by atoms with Crippen LogP contribution in [0.1, 0.15) is 26.6 Å². The molecule has 0 spiro atoms. The van der Waals surface area contributed by atoms with Gasteiger partial charge in [-0.15, -0.1) is 22.7 Å². The summed E-state index contributed by atoms with van der Waals surface area (Å²) in [7, 11) is 0. The summed E-state index contributed by atoms with van der Waals surface area (Å²) >= 11 is 2.01. The monoisotopic (exact) mass is 399 g/mol. The highest BCUT2D eigenvalue weighted by atomic mass is 32.1. The van der Waals surface area contributed by atoms with Gasteiger partial charge in [0, 0.05) is 17.2 Å². The van der Waals surface area contributed by atoms with E-state index in [2.05, 4.69) is 5.32 Å². The molecule has 0 aliphatic heterocycles. The van der Waals surface area contributed by atoms with E-state index in [-0.39, 0.29) is 15.3 Å². The van der Waals surface area contributed by atoms with Crippen LogP contribution in [0.25, 0.3) is 15.0 Å². The lowest BCUT2D eigenvalue weighted by Gasteiger charge is -2.07. The number of carbonyl (C=O) groups is 1. The molecule has 7 heteroatoms. The van der Waals surface area contributed by atoms with Crippen LogP contribution in [-0.4, -0.2) is 11.0 Å². The number of benzene rings is 1. The zero-order valence-electron chi connectivity index (χ0n) is 14.2. The number of fused-ring (bicyclic) bond motifs is 1. The Bertz CT molecular complexity index is 1140. The molecule has 1 aromatic carbocycles. The number of nitrogens with one attached hydrogen (secondary N) is 1. The van der Waals surface area contributed by atoms with Gasteiger partial charge in [-0.1, -0.05) is 29.8 Å². The first kappa shape index (κ1) is 17.5. The van der Waals surface area contributed by atoms with Gasteiger partial charge in [0.1, 0.15) is 10.6 Å². The zero-order chi connectivity index (χ0) is 19.0. The van der Waals surface area contributed by atoms with E-state index < -0.39 is 11.7 Å². The SMILES string of the molecule is Cc1ccc(C(=CNC(=O)c2sc3c(F)csc3c2O)c2ccco2)cc1. The van der Waals surface area contributed by atoms with Gasteiger partial charge in [0.25, 0.3) is 5.91 Å². The molecule has 0 fully saturated rings. The molecule has 0 unspecified atom stereocenters. The molecule has 4 aromatic rings. The molecule has 4 nitrogen and oxygen atoms in total. The van der Waals surface area contributed by atoms with Crippen LogP contribution in [0.5, 0.6) is 5.75 Å². The summed E-state index contributed by atoms with van der Waals surface area (Å²) in [6.07, 6.45) is 3.09. The molecule has 3 heterocycles. The Balaban J connectivity index is 1.67. The van der Waals surface area contributed by atoms with Crippen molar-refractivity contribution in [1.82, 2.24) is 5.32 Å². The van der Waals surface area contributed by atoms with Gasteiger partial charge in [-0.3, -0.25) is 4.79 Å². The summed E-state index contributed by atoms with van der Waals surface area (Å²) in [4.78, 5) is 12.6. The van der Waals surface area contributed by atoms with Crippen molar-refractivity contribution in [3.05, 3.63) is 81.8 Å². The van der Waals surface area contributed by atoms with E-state index in [1.807, 2.05) is 31.2 Å². The van der Waals surface area contributed by atoms with Crippen LogP contribution in [0.2, 0.25) is 0 Å². The average Bonchev–Trinajstić information content (AvgIpc) is 3.37. The summed E-state index contributed by atoms with van der Waals surface area (Å²) in [5, 5.41) is 14.2. The Kier molecular flexibility index (Phi) is 4.55. The van der Waals surface area contributed by atoms with Gasteiger partial charge in [0.2, 0.25) is 0 Å². The molecule has 0 saturated carbocycles. The van der Waals surface area contributed by atoms with Crippen molar-refractivity contribution in [2.45, 2.75) is 6.92 Å². The van der Waals surface area contributed by atoms with Gasteiger partial charge in [-0.05, 0) is 24.6 Å². The number of aromatic hydroxyl groups is 1. The lowest BCUT2D eigenvalue weighted by molar-refractivity contribution is 0.0972. The van der Waals surface area contributed by atoms with Gasteiger partial charge < -0.3 is 14.8 Å². The van der Waals surface area contributed by atoms with Gasteiger partial charge in [-0.2, -0.15) is 0 Å².